The zero-order valence-corrected chi connectivity index (χ0v) is 13.4. The third kappa shape index (κ3) is 5.76. The molecule has 0 unspecified atom stereocenters. The van der Waals surface area contributed by atoms with Gasteiger partial charge in [0.25, 0.3) is 0 Å². The number of hydrogen-bond donors (Lipinski definition) is 2. The van der Waals surface area contributed by atoms with E-state index in [1.807, 2.05) is 31.2 Å². The predicted octanol–water partition coefficient (Wildman–Crippen LogP) is 2.65. The molecule has 4 heteroatoms. The highest BCUT2D eigenvalue weighted by atomic mass is 16.5. The van der Waals surface area contributed by atoms with E-state index in [1.54, 1.807) is 0 Å². The van der Waals surface area contributed by atoms with Crippen molar-refractivity contribution in [3.05, 3.63) is 29.8 Å². The summed E-state index contributed by atoms with van der Waals surface area (Å²) in [5.41, 5.74) is 7.00. The number of ether oxygens (including phenoxy) is 1. The molecule has 3 N–H and O–H groups in total. The van der Waals surface area contributed by atoms with Crippen molar-refractivity contribution in [1.82, 2.24) is 5.32 Å². The van der Waals surface area contributed by atoms with Crippen molar-refractivity contribution in [1.29, 1.82) is 0 Å². The number of nitrogens with one attached hydrogen (secondary N) is 1. The largest absolute Gasteiger partial charge is 0.493 e. The van der Waals surface area contributed by atoms with Gasteiger partial charge in [-0.15, -0.1) is 0 Å². The Labute approximate surface area is 128 Å². The van der Waals surface area contributed by atoms with Gasteiger partial charge >= 0.3 is 0 Å². The molecular weight excluding hydrogens is 264 g/mol. The number of benzene rings is 1. The van der Waals surface area contributed by atoms with Crippen molar-refractivity contribution < 1.29 is 9.53 Å². The van der Waals surface area contributed by atoms with E-state index < -0.39 is 0 Å². The van der Waals surface area contributed by atoms with Gasteiger partial charge in [-0.3, -0.25) is 4.79 Å². The summed E-state index contributed by atoms with van der Waals surface area (Å²) in [5, 5.41) is 2.98. The Hall–Kier alpha value is -1.55. The summed E-state index contributed by atoms with van der Waals surface area (Å²) >= 11 is 0. The highest BCUT2D eigenvalue weighted by Gasteiger charge is 2.24. The van der Waals surface area contributed by atoms with Gasteiger partial charge in [-0.2, -0.15) is 0 Å². The lowest BCUT2D eigenvalue weighted by Gasteiger charge is -2.30. The van der Waals surface area contributed by atoms with E-state index in [0.717, 1.165) is 24.2 Å². The zero-order chi connectivity index (χ0) is 15.7. The Morgan fingerprint density at radius 2 is 2.05 bits per heavy atom. The van der Waals surface area contributed by atoms with Gasteiger partial charge in [0.15, 0.2) is 0 Å². The summed E-state index contributed by atoms with van der Waals surface area (Å²) in [6.07, 6.45) is 2.31. The van der Waals surface area contributed by atoms with E-state index in [9.17, 15) is 4.79 Å². The minimum absolute atomic E-state index is 0.0161. The molecule has 0 heterocycles. The quantitative estimate of drug-likeness (QED) is 0.735. The average molecular weight is 292 g/mol. The van der Waals surface area contributed by atoms with Crippen molar-refractivity contribution in [2.75, 3.05) is 19.7 Å². The zero-order valence-electron chi connectivity index (χ0n) is 13.4. The van der Waals surface area contributed by atoms with Crippen LogP contribution in [0.25, 0.3) is 0 Å². The first-order valence-corrected chi connectivity index (χ1v) is 7.71. The summed E-state index contributed by atoms with van der Waals surface area (Å²) in [6, 6.07) is 7.83. The number of rotatable bonds is 9. The monoisotopic (exact) mass is 292 g/mol. The lowest BCUT2D eigenvalue weighted by atomic mass is 9.82. The summed E-state index contributed by atoms with van der Waals surface area (Å²) in [7, 11) is 0. The molecule has 1 aromatic carbocycles. The lowest BCUT2D eigenvalue weighted by molar-refractivity contribution is -0.122. The molecule has 0 bridgehead atoms. The number of nitrogens with two attached hydrogens (primary N) is 1. The molecule has 4 nitrogen and oxygen atoms in total. The molecule has 1 aromatic rings. The predicted molar refractivity (Wildman–Crippen MR) is 86.4 cm³/mol. The van der Waals surface area contributed by atoms with Gasteiger partial charge in [0.2, 0.25) is 5.91 Å². The third-order valence-electron chi connectivity index (χ3n) is 4.18. The Morgan fingerprint density at radius 1 is 1.33 bits per heavy atom. The smallest absolute Gasteiger partial charge is 0.223 e. The molecule has 0 atom stereocenters. The second-order valence-electron chi connectivity index (χ2n) is 5.60. The first-order chi connectivity index (χ1) is 10.0. The number of amides is 1. The van der Waals surface area contributed by atoms with Crippen LogP contribution in [0, 0.1) is 12.3 Å². The molecule has 0 radical (unpaired) electrons. The highest BCUT2D eigenvalue weighted by Crippen LogP contribution is 2.23. The van der Waals surface area contributed by atoms with E-state index in [2.05, 4.69) is 19.2 Å². The van der Waals surface area contributed by atoms with Crippen LogP contribution in [0.3, 0.4) is 0 Å². The highest BCUT2D eigenvalue weighted by molar-refractivity contribution is 5.76. The maximum atomic E-state index is 11.9. The Morgan fingerprint density at radius 3 is 2.62 bits per heavy atom. The Kier molecular flexibility index (Phi) is 7.23. The number of hydrogen-bond acceptors (Lipinski definition) is 3. The summed E-state index contributed by atoms with van der Waals surface area (Å²) in [5.74, 6) is 0.823. The van der Waals surface area contributed by atoms with Crippen molar-refractivity contribution in [2.24, 2.45) is 11.1 Å². The molecule has 0 fully saturated rings. The maximum Gasteiger partial charge on any atom is 0.223 e. The molecule has 21 heavy (non-hydrogen) atoms. The molecule has 0 spiro atoms. The van der Waals surface area contributed by atoms with Crippen LogP contribution in [0.2, 0.25) is 0 Å². The Balaban J connectivity index is 2.31. The third-order valence-corrected chi connectivity index (χ3v) is 4.18. The standard InChI is InChI=1S/C17H28N2O2/c1-4-17(5-2,12-18)13-19-16(20)9-10-21-15-8-6-7-14(3)11-15/h6-8,11H,4-5,9-10,12-13,18H2,1-3H3,(H,19,20). The van der Waals surface area contributed by atoms with Crippen LogP contribution in [-0.2, 0) is 4.79 Å². The summed E-state index contributed by atoms with van der Waals surface area (Å²) in [4.78, 5) is 11.9. The molecule has 0 aliphatic heterocycles. The molecular formula is C17H28N2O2. The number of carbonyl (C=O) groups excluding carboxylic acids is 1. The van der Waals surface area contributed by atoms with Gasteiger partial charge in [0, 0.05) is 6.54 Å². The van der Waals surface area contributed by atoms with Gasteiger partial charge in [-0.1, -0.05) is 26.0 Å². The second kappa shape index (κ2) is 8.67. The van der Waals surface area contributed by atoms with Crippen LogP contribution in [-0.4, -0.2) is 25.6 Å². The van der Waals surface area contributed by atoms with Crippen LogP contribution in [0.1, 0.15) is 38.7 Å². The van der Waals surface area contributed by atoms with Gasteiger partial charge < -0.3 is 15.8 Å². The fraction of sp³-hybridized carbons (Fsp3) is 0.588. The molecule has 1 amide bonds. The molecule has 0 aliphatic carbocycles. The lowest BCUT2D eigenvalue weighted by Crippen LogP contribution is -2.42. The Bertz CT molecular complexity index is 434. The van der Waals surface area contributed by atoms with Crippen LogP contribution >= 0.6 is 0 Å². The van der Waals surface area contributed by atoms with E-state index in [-0.39, 0.29) is 11.3 Å². The molecule has 0 saturated carbocycles. The molecule has 0 aromatic heterocycles. The van der Waals surface area contributed by atoms with Crippen molar-refractivity contribution in [2.45, 2.75) is 40.0 Å². The SMILES string of the molecule is CCC(CC)(CN)CNC(=O)CCOc1cccc(C)c1. The van der Waals surface area contributed by atoms with Gasteiger partial charge in [-0.05, 0) is 49.4 Å². The number of aryl methyl sites for hydroxylation is 1. The second-order valence-corrected chi connectivity index (χ2v) is 5.60. The van der Waals surface area contributed by atoms with Crippen molar-refractivity contribution in [3.8, 4) is 5.75 Å². The van der Waals surface area contributed by atoms with E-state index >= 15 is 0 Å². The fourth-order valence-corrected chi connectivity index (χ4v) is 2.20. The number of carbonyl (C=O) groups is 1. The van der Waals surface area contributed by atoms with Crippen LogP contribution in [0.5, 0.6) is 5.75 Å². The molecule has 0 saturated heterocycles. The van der Waals surface area contributed by atoms with Crippen LogP contribution < -0.4 is 15.8 Å². The van der Waals surface area contributed by atoms with Crippen LogP contribution in [0.15, 0.2) is 24.3 Å². The van der Waals surface area contributed by atoms with E-state index in [4.69, 9.17) is 10.5 Å². The summed E-state index contributed by atoms with van der Waals surface area (Å²) in [6.45, 7) is 7.87. The minimum Gasteiger partial charge on any atom is -0.493 e. The molecule has 1 rings (SSSR count). The van der Waals surface area contributed by atoms with Gasteiger partial charge in [-0.25, -0.2) is 0 Å². The van der Waals surface area contributed by atoms with Gasteiger partial charge in [0.1, 0.15) is 5.75 Å². The topological polar surface area (TPSA) is 64.3 Å². The average Bonchev–Trinajstić information content (AvgIpc) is 2.49. The molecule has 118 valence electrons. The van der Waals surface area contributed by atoms with E-state index in [0.29, 0.717) is 26.1 Å². The first kappa shape index (κ1) is 17.5. The van der Waals surface area contributed by atoms with Crippen molar-refractivity contribution >= 4 is 5.91 Å². The van der Waals surface area contributed by atoms with Gasteiger partial charge in [0.05, 0.1) is 13.0 Å². The summed E-state index contributed by atoms with van der Waals surface area (Å²) < 4.78 is 5.58. The van der Waals surface area contributed by atoms with Crippen molar-refractivity contribution in [3.63, 3.8) is 0 Å². The fourth-order valence-electron chi connectivity index (χ4n) is 2.20. The minimum atomic E-state index is 0.0161. The van der Waals surface area contributed by atoms with Crippen LogP contribution in [0.4, 0.5) is 0 Å². The normalized spacial score (nSPS) is 11.2. The first-order valence-electron chi connectivity index (χ1n) is 7.71. The molecule has 0 aliphatic rings. The van der Waals surface area contributed by atoms with E-state index in [1.165, 1.54) is 0 Å². The maximum absolute atomic E-state index is 11.9.